The number of likely N-dealkylation sites (tertiary alicyclic amines) is 1. The molecule has 0 bridgehead atoms. The summed E-state index contributed by atoms with van der Waals surface area (Å²) in [5.41, 5.74) is 2.02. The van der Waals surface area contributed by atoms with Gasteiger partial charge in [0.25, 0.3) is 5.91 Å². The zero-order valence-electron chi connectivity index (χ0n) is 16.0. The molecule has 26 heavy (non-hydrogen) atoms. The highest BCUT2D eigenvalue weighted by Gasteiger charge is 2.20. The van der Waals surface area contributed by atoms with Gasteiger partial charge in [0, 0.05) is 6.20 Å². The summed E-state index contributed by atoms with van der Waals surface area (Å²) in [7, 11) is 0. The van der Waals surface area contributed by atoms with Crippen LogP contribution in [0.15, 0.2) is 34.9 Å². The van der Waals surface area contributed by atoms with Gasteiger partial charge in [0.1, 0.15) is 5.76 Å². The molecule has 0 aromatic carbocycles. The van der Waals surface area contributed by atoms with Crippen LogP contribution in [0.4, 0.5) is 0 Å². The number of nitrogens with zero attached hydrogens (tertiary/aromatic N) is 2. The van der Waals surface area contributed by atoms with Gasteiger partial charge in [0.05, 0.1) is 18.3 Å². The van der Waals surface area contributed by atoms with Crippen molar-refractivity contribution in [3.05, 3.63) is 53.2 Å². The average Bonchev–Trinajstić information content (AvgIpc) is 3.10. The predicted molar refractivity (Wildman–Crippen MR) is 102 cm³/mol. The van der Waals surface area contributed by atoms with E-state index < -0.39 is 0 Å². The molecule has 1 N–H and O–H groups in total. The molecule has 1 atom stereocenters. The molecule has 0 radical (unpaired) electrons. The van der Waals surface area contributed by atoms with Crippen molar-refractivity contribution in [3.63, 3.8) is 0 Å². The SMILES string of the molecule is CCC(NC(=O)c1ccc(CN2CCC(C)CC2)o1)c1cc(C)ccn1. The third-order valence-corrected chi connectivity index (χ3v) is 5.15. The fourth-order valence-corrected chi connectivity index (χ4v) is 3.39. The molecule has 5 nitrogen and oxygen atoms in total. The molecule has 0 saturated carbocycles. The van der Waals surface area contributed by atoms with E-state index in [2.05, 4.69) is 22.1 Å². The number of hydrogen-bond acceptors (Lipinski definition) is 4. The van der Waals surface area contributed by atoms with Gasteiger partial charge in [0.2, 0.25) is 0 Å². The largest absolute Gasteiger partial charge is 0.455 e. The summed E-state index contributed by atoms with van der Waals surface area (Å²) >= 11 is 0. The summed E-state index contributed by atoms with van der Waals surface area (Å²) in [6.45, 7) is 9.34. The summed E-state index contributed by atoms with van der Waals surface area (Å²) in [5, 5.41) is 3.04. The lowest BCUT2D eigenvalue weighted by molar-refractivity contribution is 0.0901. The van der Waals surface area contributed by atoms with Crippen molar-refractivity contribution < 1.29 is 9.21 Å². The highest BCUT2D eigenvalue weighted by Crippen LogP contribution is 2.20. The predicted octanol–water partition coefficient (Wildman–Crippen LogP) is 4.10. The Morgan fingerprint density at radius 1 is 1.35 bits per heavy atom. The standard InChI is InChI=1S/C21H29N3O2/c1-4-18(19-13-16(3)7-10-22-19)23-21(25)20-6-5-17(26-20)14-24-11-8-15(2)9-12-24/h5-7,10,13,15,18H,4,8-9,11-12,14H2,1-3H3,(H,23,25). The van der Waals surface area contributed by atoms with Crippen LogP contribution in [-0.2, 0) is 6.54 Å². The third-order valence-electron chi connectivity index (χ3n) is 5.15. The normalized spacial score (nSPS) is 17.2. The smallest absolute Gasteiger partial charge is 0.287 e. The second-order valence-corrected chi connectivity index (χ2v) is 7.42. The van der Waals surface area contributed by atoms with Crippen LogP contribution in [0.25, 0.3) is 0 Å². The molecule has 1 unspecified atom stereocenters. The molecule has 0 aliphatic carbocycles. The van der Waals surface area contributed by atoms with Crippen LogP contribution < -0.4 is 5.32 Å². The Morgan fingerprint density at radius 3 is 2.81 bits per heavy atom. The van der Waals surface area contributed by atoms with Crippen molar-refractivity contribution >= 4 is 5.91 Å². The van der Waals surface area contributed by atoms with Gasteiger partial charge in [-0.05, 0) is 75.0 Å². The van der Waals surface area contributed by atoms with Crippen molar-refractivity contribution in [3.8, 4) is 0 Å². The Morgan fingerprint density at radius 2 is 2.12 bits per heavy atom. The summed E-state index contributed by atoms with van der Waals surface area (Å²) in [4.78, 5) is 19.4. The monoisotopic (exact) mass is 355 g/mol. The van der Waals surface area contributed by atoms with Gasteiger partial charge in [0.15, 0.2) is 5.76 Å². The molecule has 1 fully saturated rings. The quantitative estimate of drug-likeness (QED) is 0.848. The molecule has 2 aromatic heterocycles. The van der Waals surface area contributed by atoms with Crippen LogP contribution in [-0.4, -0.2) is 28.9 Å². The molecule has 140 valence electrons. The van der Waals surface area contributed by atoms with Crippen molar-refractivity contribution in [2.24, 2.45) is 5.92 Å². The molecule has 1 saturated heterocycles. The maximum absolute atomic E-state index is 12.6. The fraction of sp³-hybridized carbons (Fsp3) is 0.524. The van der Waals surface area contributed by atoms with Gasteiger partial charge in [-0.1, -0.05) is 13.8 Å². The first-order chi connectivity index (χ1) is 12.5. The molecule has 3 heterocycles. The molecule has 3 rings (SSSR count). The van der Waals surface area contributed by atoms with Gasteiger partial charge in [-0.2, -0.15) is 0 Å². The van der Waals surface area contributed by atoms with E-state index in [0.29, 0.717) is 5.76 Å². The first-order valence-electron chi connectivity index (χ1n) is 9.59. The number of hydrogen-bond donors (Lipinski definition) is 1. The minimum absolute atomic E-state index is 0.112. The number of aryl methyl sites for hydroxylation is 1. The number of carbonyl (C=O) groups excluding carboxylic acids is 1. The lowest BCUT2D eigenvalue weighted by Crippen LogP contribution is -2.32. The number of furan rings is 1. The Kier molecular flexibility index (Phi) is 6.09. The van der Waals surface area contributed by atoms with Crippen LogP contribution in [0.1, 0.15) is 66.7 Å². The zero-order chi connectivity index (χ0) is 18.5. The molecule has 0 spiro atoms. The summed E-state index contributed by atoms with van der Waals surface area (Å²) in [6.07, 6.45) is 5.02. The second kappa shape index (κ2) is 8.49. The van der Waals surface area contributed by atoms with Gasteiger partial charge in [-0.25, -0.2) is 0 Å². The minimum Gasteiger partial charge on any atom is -0.455 e. The number of carbonyl (C=O) groups is 1. The van der Waals surface area contributed by atoms with E-state index in [1.807, 2.05) is 32.0 Å². The summed E-state index contributed by atoms with van der Waals surface area (Å²) in [6, 6.07) is 7.55. The first-order valence-corrected chi connectivity index (χ1v) is 9.59. The van der Waals surface area contributed by atoms with Crippen LogP contribution in [0.2, 0.25) is 0 Å². The first kappa shape index (κ1) is 18.6. The van der Waals surface area contributed by atoms with Crippen LogP contribution >= 0.6 is 0 Å². The Labute approximate surface area is 155 Å². The molecule has 1 amide bonds. The number of pyridine rings is 1. The maximum atomic E-state index is 12.6. The Bertz CT molecular complexity index is 732. The molecule has 2 aromatic rings. The molecular weight excluding hydrogens is 326 g/mol. The van der Waals surface area contributed by atoms with E-state index in [1.54, 1.807) is 12.3 Å². The lowest BCUT2D eigenvalue weighted by Gasteiger charge is -2.29. The van der Waals surface area contributed by atoms with Crippen LogP contribution in [0, 0.1) is 12.8 Å². The number of amides is 1. The topological polar surface area (TPSA) is 58.4 Å². The molecule has 1 aliphatic rings. The van der Waals surface area contributed by atoms with E-state index in [1.165, 1.54) is 12.8 Å². The van der Waals surface area contributed by atoms with Crippen molar-refractivity contribution in [2.75, 3.05) is 13.1 Å². The zero-order valence-corrected chi connectivity index (χ0v) is 16.0. The number of piperidine rings is 1. The maximum Gasteiger partial charge on any atom is 0.287 e. The van der Waals surface area contributed by atoms with Crippen molar-refractivity contribution in [1.82, 2.24) is 15.2 Å². The number of aromatic nitrogens is 1. The van der Waals surface area contributed by atoms with E-state index in [0.717, 1.165) is 49.0 Å². The molecular formula is C21H29N3O2. The Hall–Kier alpha value is -2.14. The van der Waals surface area contributed by atoms with Gasteiger partial charge < -0.3 is 9.73 Å². The highest BCUT2D eigenvalue weighted by atomic mass is 16.4. The summed E-state index contributed by atoms with van der Waals surface area (Å²) < 4.78 is 5.81. The third kappa shape index (κ3) is 4.73. The van der Waals surface area contributed by atoms with E-state index in [9.17, 15) is 4.79 Å². The summed E-state index contributed by atoms with van der Waals surface area (Å²) in [5.74, 6) is 1.85. The number of rotatable bonds is 6. The molecule has 1 aliphatic heterocycles. The average molecular weight is 355 g/mol. The Balaban J connectivity index is 1.60. The van der Waals surface area contributed by atoms with Gasteiger partial charge in [-0.3, -0.25) is 14.7 Å². The van der Waals surface area contributed by atoms with E-state index in [-0.39, 0.29) is 11.9 Å². The number of nitrogens with one attached hydrogen (secondary N) is 1. The van der Waals surface area contributed by atoms with Crippen LogP contribution in [0.3, 0.4) is 0 Å². The van der Waals surface area contributed by atoms with Crippen LogP contribution in [0.5, 0.6) is 0 Å². The van der Waals surface area contributed by atoms with E-state index in [4.69, 9.17) is 4.42 Å². The minimum atomic E-state index is -0.182. The van der Waals surface area contributed by atoms with Crippen molar-refractivity contribution in [1.29, 1.82) is 0 Å². The fourth-order valence-electron chi connectivity index (χ4n) is 3.39. The van der Waals surface area contributed by atoms with Gasteiger partial charge >= 0.3 is 0 Å². The van der Waals surface area contributed by atoms with Crippen molar-refractivity contribution in [2.45, 2.75) is 52.6 Å². The lowest BCUT2D eigenvalue weighted by atomic mass is 9.99. The highest BCUT2D eigenvalue weighted by molar-refractivity contribution is 5.91. The van der Waals surface area contributed by atoms with Gasteiger partial charge in [-0.15, -0.1) is 0 Å². The molecule has 5 heteroatoms. The van der Waals surface area contributed by atoms with E-state index >= 15 is 0 Å². The second-order valence-electron chi connectivity index (χ2n) is 7.42.